The van der Waals surface area contributed by atoms with Crippen LogP contribution in [0.2, 0.25) is 0 Å². The van der Waals surface area contributed by atoms with Crippen molar-refractivity contribution in [2.45, 2.75) is 18.8 Å². The standard InChI is InChI=1S/C14H15N2/c1-2-5-12-10-16-14(8-11(12)4-1)13-6-3-7-15-9-13/h1-2,4-5,8-10,13,15H,3,6-7H2. The smallest absolute Gasteiger partial charge is 0.0457 e. The van der Waals surface area contributed by atoms with Crippen LogP contribution in [-0.2, 0) is 0 Å². The molecule has 1 unspecified atom stereocenters. The molecule has 1 fully saturated rings. The maximum atomic E-state index is 4.56. The van der Waals surface area contributed by atoms with Crippen molar-refractivity contribution in [1.82, 2.24) is 10.3 Å². The third-order valence-electron chi connectivity index (χ3n) is 3.19. The highest BCUT2D eigenvalue weighted by Gasteiger charge is 2.16. The SMILES string of the molecule is [CH]1NCCCC1c1cc2ccccc2cn1. The van der Waals surface area contributed by atoms with Crippen molar-refractivity contribution in [3.63, 3.8) is 0 Å². The second-order valence-corrected chi connectivity index (χ2v) is 4.33. The number of piperidine rings is 1. The summed E-state index contributed by atoms with van der Waals surface area (Å²) in [4.78, 5) is 4.56. The van der Waals surface area contributed by atoms with Gasteiger partial charge in [0.05, 0.1) is 0 Å². The zero-order chi connectivity index (χ0) is 10.8. The van der Waals surface area contributed by atoms with Crippen LogP contribution in [0.25, 0.3) is 10.8 Å². The van der Waals surface area contributed by atoms with Gasteiger partial charge in [-0.25, -0.2) is 0 Å². The average Bonchev–Trinajstić information content (AvgIpc) is 2.39. The summed E-state index contributed by atoms with van der Waals surface area (Å²) in [5, 5.41) is 5.82. The molecule has 1 atom stereocenters. The molecule has 1 aromatic carbocycles. The molecule has 0 amide bonds. The van der Waals surface area contributed by atoms with E-state index >= 15 is 0 Å². The van der Waals surface area contributed by atoms with E-state index in [9.17, 15) is 0 Å². The summed E-state index contributed by atoms with van der Waals surface area (Å²) in [6.45, 7) is 3.28. The van der Waals surface area contributed by atoms with Gasteiger partial charge in [0.2, 0.25) is 0 Å². The molecule has 3 rings (SSSR count). The fraction of sp³-hybridized carbons (Fsp3) is 0.286. The van der Waals surface area contributed by atoms with E-state index < -0.39 is 0 Å². The first-order valence-electron chi connectivity index (χ1n) is 5.85. The number of nitrogens with one attached hydrogen (secondary N) is 1. The number of rotatable bonds is 1. The van der Waals surface area contributed by atoms with Gasteiger partial charge in [-0.2, -0.15) is 0 Å². The Morgan fingerprint density at radius 2 is 2.06 bits per heavy atom. The van der Waals surface area contributed by atoms with Crippen molar-refractivity contribution in [1.29, 1.82) is 0 Å². The molecule has 1 N–H and O–H groups in total. The topological polar surface area (TPSA) is 24.9 Å². The van der Waals surface area contributed by atoms with Crippen LogP contribution in [0.3, 0.4) is 0 Å². The molecule has 1 radical (unpaired) electrons. The second-order valence-electron chi connectivity index (χ2n) is 4.33. The van der Waals surface area contributed by atoms with Crippen molar-refractivity contribution in [3.8, 4) is 0 Å². The van der Waals surface area contributed by atoms with Crippen molar-refractivity contribution >= 4 is 10.8 Å². The molecule has 0 saturated carbocycles. The van der Waals surface area contributed by atoms with Gasteiger partial charge >= 0.3 is 0 Å². The van der Waals surface area contributed by atoms with E-state index in [1.165, 1.54) is 29.3 Å². The third-order valence-corrected chi connectivity index (χ3v) is 3.19. The number of nitrogens with zero attached hydrogens (tertiary/aromatic N) is 1. The molecular formula is C14H15N2. The minimum atomic E-state index is 0.471. The Bertz CT molecular complexity index is 487. The summed E-state index contributed by atoms with van der Waals surface area (Å²) in [5.74, 6) is 0.471. The Labute approximate surface area is 95.7 Å². The van der Waals surface area contributed by atoms with E-state index in [1.54, 1.807) is 0 Å². The lowest BCUT2D eigenvalue weighted by molar-refractivity contribution is 0.515. The predicted molar refractivity (Wildman–Crippen MR) is 66.0 cm³/mol. The zero-order valence-electron chi connectivity index (χ0n) is 9.19. The van der Waals surface area contributed by atoms with Crippen LogP contribution in [-0.4, -0.2) is 11.5 Å². The third kappa shape index (κ3) is 1.81. The quantitative estimate of drug-likeness (QED) is 0.784. The summed E-state index contributed by atoms with van der Waals surface area (Å²) in [5.41, 5.74) is 1.19. The van der Waals surface area contributed by atoms with Crippen LogP contribution >= 0.6 is 0 Å². The Balaban J connectivity index is 1.97. The normalized spacial score (nSPS) is 21.1. The highest BCUT2D eigenvalue weighted by Crippen LogP contribution is 2.26. The van der Waals surface area contributed by atoms with Gasteiger partial charge in [-0.05, 0) is 30.8 Å². The van der Waals surface area contributed by atoms with E-state index in [0.29, 0.717) is 5.92 Å². The van der Waals surface area contributed by atoms with Gasteiger partial charge < -0.3 is 5.32 Å². The van der Waals surface area contributed by atoms with Gasteiger partial charge in [0.25, 0.3) is 0 Å². The summed E-state index contributed by atoms with van der Waals surface area (Å²) in [6.07, 6.45) is 4.42. The van der Waals surface area contributed by atoms with Gasteiger partial charge in [0.1, 0.15) is 0 Å². The minimum Gasteiger partial charge on any atom is -0.312 e. The van der Waals surface area contributed by atoms with E-state index in [2.05, 4.69) is 47.2 Å². The molecular weight excluding hydrogens is 196 g/mol. The Kier molecular flexibility index (Phi) is 2.58. The van der Waals surface area contributed by atoms with Gasteiger partial charge in [0, 0.05) is 29.7 Å². The van der Waals surface area contributed by atoms with Crippen LogP contribution in [0, 0.1) is 6.54 Å². The van der Waals surface area contributed by atoms with Crippen LogP contribution in [0.4, 0.5) is 0 Å². The number of fused-ring (bicyclic) bond motifs is 1. The summed E-state index contributed by atoms with van der Waals surface area (Å²) < 4.78 is 0. The molecule has 2 nitrogen and oxygen atoms in total. The lowest BCUT2D eigenvalue weighted by Gasteiger charge is -2.21. The lowest BCUT2D eigenvalue weighted by atomic mass is 9.95. The van der Waals surface area contributed by atoms with E-state index in [0.717, 1.165) is 6.54 Å². The second kappa shape index (κ2) is 4.22. The van der Waals surface area contributed by atoms with E-state index in [1.807, 2.05) is 6.20 Å². The fourth-order valence-electron chi connectivity index (χ4n) is 2.27. The van der Waals surface area contributed by atoms with Gasteiger partial charge in [-0.1, -0.05) is 24.3 Å². The highest BCUT2D eigenvalue weighted by molar-refractivity contribution is 5.81. The Morgan fingerprint density at radius 1 is 1.19 bits per heavy atom. The van der Waals surface area contributed by atoms with Gasteiger partial charge in [-0.3, -0.25) is 4.98 Å². The van der Waals surface area contributed by atoms with Gasteiger partial charge in [-0.15, -0.1) is 0 Å². The van der Waals surface area contributed by atoms with Crippen LogP contribution in [0.15, 0.2) is 36.5 Å². The number of aromatic nitrogens is 1. The molecule has 1 aliphatic heterocycles. The number of hydrogen-bond acceptors (Lipinski definition) is 2. The summed E-state index contributed by atoms with van der Waals surface area (Å²) >= 11 is 0. The van der Waals surface area contributed by atoms with Crippen molar-refractivity contribution in [3.05, 3.63) is 48.8 Å². The fourth-order valence-corrected chi connectivity index (χ4v) is 2.27. The summed E-state index contributed by atoms with van der Waals surface area (Å²) in [6, 6.07) is 10.6. The van der Waals surface area contributed by atoms with Gasteiger partial charge in [0.15, 0.2) is 0 Å². The first kappa shape index (κ1) is 9.79. The van der Waals surface area contributed by atoms with Crippen LogP contribution in [0.5, 0.6) is 0 Å². The van der Waals surface area contributed by atoms with E-state index in [4.69, 9.17) is 0 Å². The molecule has 0 bridgehead atoms. The highest BCUT2D eigenvalue weighted by atomic mass is 14.9. The molecule has 0 aliphatic carbocycles. The molecule has 1 saturated heterocycles. The Hall–Kier alpha value is -1.41. The van der Waals surface area contributed by atoms with Crippen molar-refractivity contribution in [2.75, 3.05) is 6.54 Å². The molecule has 1 aromatic heterocycles. The molecule has 16 heavy (non-hydrogen) atoms. The first-order chi connectivity index (χ1) is 7.93. The monoisotopic (exact) mass is 211 g/mol. The van der Waals surface area contributed by atoms with Crippen molar-refractivity contribution < 1.29 is 0 Å². The lowest BCUT2D eigenvalue weighted by Crippen LogP contribution is -2.23. The minimum absolute atomic E-state index is 0.471. The molecule has 2 heterocycles. The molecule has 2 heteroatoms. The summed E-state index contributed by atoms with van der Waals surface area (Å²) in [7, 11) is 0. The molecule has 81 valence electrons. The predicted octanol–water partition coefficient (Wildman–Crippen LogP) is 2.86. The van der Waals surface area contributed by atoms with Crippen LogP contribution in [0.1, 0.15) is 24.5 Å². The molecule has 0 spiro atoms. The Morgan fingerprint density at radius 3 is 2.88 bits per heavy atom. The maximum absolute atomic E-state index is 4.56. The van der Waals surface area contributed by atoms with Crippen molar-refractivity contribution in [2.24, 2.45) is 0 Å². The zero-order valence-corrected chi connectivity index (χ0v) is 9.19. The number of benzene rings is 1. The number of hydrogen-bond donors (Lipinski definition) is 1. The van der Waals surface area contributed by atoms with Crippen LogP contribution < -0.4 is 5.32 Å². The first-order valence-corrected chi connectivity index (χ1v) is 5.85. The molecule has 2 aromatic rings. The number of pyridine rings is 1. The maximum Gasteiger partial charge on any atom is 0.0457 e. The molecule has 1 aliphatic rings. The average molecular weight is 211 g/mol. The largest absolute Gasteiger partial charge is 0.312 e. The van der Waals surface area contributed by atoms with E-state index in [-0.39, 0.29) is 0 Å².